The lowest BCUT2D eigenvalue weighted by molar-refractivity contribution is -0.114. The molecule has 0 N–H and O–H groups in total. The summed E-state index contributed by atoms with van der Waals surface area (Å²) in [6.45, 7) is 3.89. The highest BCUT2D eigenvalue weighted by Gasteiger charge is 2.34. The van der Waals surface area contributed by atoms with Crippen molar-refractivity contribution in [1.29, 1.82) is 0 Å². The van der Waals surface area contributed by atoms with E-state index in [4.69, 9.17) is 0 Å². The largest absolute Gasteiger partial charge is 0.295 e. The average Bonchev–Trinajstić information content (AvgIpc) is 2.85. The second-order valence-electron chi connectivity index (χ2n) is 4.69. The van der Waals surface area contributed by atoms with Crippen molar-refractivity contribution in [2.45, 2.75) is 39.5 Å². The quantitative estimate of drug-likeness (QED) is 0.635. The number of Topliss-reactive ketones (excluding diaryl/α,β-unsaturated/α-hetero) is 1. The zero-order valence-electron chi connectivity index (χ0n) is 8.55. The Morgan fingerprint density at radius 3 is 2.54 bits per heavy atom. The number of hydrogen-bond acceptors (Lipinski definition) is 1. The van der Waals surface area contributed by atoms with Crippen molar-refractivity contribution in [2.75, 3.05) is 0 Å². The zero-order valence-corrected chi connectivity index (χ0v) is 8.55. The van der Waals surface area contributed by atoms with E-state index in [0.717, 1.165) is 23.8 Å². The molecule has 2 aliphatic carbocycles. The molecule has 0 bridgehead atoms. The molecular weight excluding hydrogens is 160 g/mol. The first-order chi connectivity index (χ1) is 6.18. The third-order valence-corrected chi connectivity index (χ3v) is 3.52. The Balaban J connectivity index is 2.04. The summed E-state index contributed by atoms with van der Waals surface area (Å²) in [4.78, 5) is 11.2. The molecule has 1 saturated carbocycles. The predicted octanol–water partition coefficient (Wildman–Crippen LogP) is 2.96. The highest BCUT2D eigenvalue weighted by molar-refractivity contribution is 5.93. The molecule has 1 heteroatoms. The van der Waals surface area contributed by atoms with Crippen LogP contribution in [0, 0.1) is 17.8 Å². The lowest BCUT2D eigenvalue weighted by atomic mass is 9.79. The molecule has 0 radical (unpaired) electrons. The van der Waals surface area contributed by atoms with Crippen LogP contribution in [0.25, 0.3) is 0 Å². The predicted molar refractivity (Wildman–Crippen MR) is 53.4 cm³/mol. The molecule has 1 fully saturated rings. The molecule has 13 heavy (non-hydrogen) atoms. The van der Waals surface area contributed by atoms with Gasteiger partial charge in [0.2, 0.25) is 0 Å². The summed E-state index contributed by atoms with van der Waals surface area (Å²) in [6.07, 6.45) is 7.46. The van der Waals surface area contributed by atoms with Crippen molar-refractivity contribution in [3.8, 4) is 0 Å². The van der Waals surface area contributed by atoms with Gasteiger partial charge in [0.1, 0.15) is 0 Å². The third-order valence-electron chi connectivity index (χ3n) is 3.52. The molecule has 0 aliphatic heterocycles. The molecule has 2 atom stereocenters. The Morgan fingerprint density at radius 2 is 2.08 bits per heavy atom. The fraction of sp³-hybridized carbons (Fsp3) is 0.750. The molecule has 72 valence electrons. The van der Waals surface area contributed by atoms with Crippen LogP contribution in [0.15, 0.2) is 11.6 Å². The molecule has 0 aromatic heterocycles. The van der Waals surface area contributed by atoms with E-state index in [1.54, 1.807) is 6.92 Å². The molecular formula is C12H18O. The van der Waals surface area contributed by atoms with Crippen LogP contribution in [0.2, 0.25) is 0 Å². The van der Waals surface area contributed by atoms with Crippen LogP contribution < -0.4 is 0 Å². The van der Waals surface area contributed by atoms with E-state index in [1.807, 2.05) is 0 Å². The van der Waals surface area contributed by atoms with Crippen molar-refractivity contribution in [1.82, 2.24) is 0 Å². The molecule has 0 heterocycles. The van der Waals surface area contributed by atoms with Gasteiger partial charge in [-0.1, -0.05) is 13.0 Å². The number of hydrogen-bond donors (Lipinski definition) is 0. The Hall–Kier alpha value is -0.590. The summed E-state index contributed by atoms with van der Waals surface area (Å²) >= 11 is 0. The van der Waals surface area contributed by atoms with Gasteiger partial charge in [0.25, 0.3) is 0 Å². The molecule has 0 aromatic rings. The fourth-order valence-corrected chi connectivity index (χ4v) is 2.60. The van der Waals surface area contributed by atoms with Crippen molar-refractivity contribution in [3.05, 3.63) is 11.6 Å². The van der Waals surface area contributed by atoms with Crippen LogP contribution in [0.5, 0.6) is 0 Å². The summed E-state index contributed by atoms with van der Waals surface area (Å²) in [7, 11) is 0. The van der Waals surface area contributed by atoms with Crippen LogP contribution in [0.4, 0.5) is 0 Å². The van der Waals surface area contributed by atoms with Crippen LogP contribution in [-0.2, 0) is 4.79 Å². The summed E-state index contributed by atoms with van der Waals surface area (Å²) in [5.74, 6) is 2.67. The van der Waals surface area contributed by atoms with Gasteiger partial charge in [0, 0.05) is 0 Å². The molecule has 2 aliphatic rings. The SMILES string of the molecule is CC(=O)C1=CC[C@H](C2CC2)C[C@@H]1C. The zero-order chi connectivity index (χ0) is 9.42. The molecule has 0 unspecified atom stereocenters. The third kappa shape index (κ3) is 1.84. The molecule has 2 rings (SSSR count). The van der Waals surface area contributed by atoms with Gasteiger partial charge >= 0.3 is 0 Å². The first-order valence-electron chi connectivity index (χ1n) is 5.39. The van der Waals surface area contributed by atoms with Crippen LogP contribution in [-0.4, -0.2) is 5.78 Å². The molecule has 0 saturated heterocycles. The van der Waals surface area contributed by atoms with E-state index < -0.39 is 0 Å². The number of ketones is 1. The van der Waals surface area contributed by atoms with Crippen LogP contribution in [0.1, 0.15) is 39.5 Å². The van der Waals surface area contributed by atoms with E-state index in [2.05, 4.69) is 13.0 Å². The van der Waals surface area contributed by atoms with Gasteiger partial charge in [-0.25, -0.2) is 0 Å². The number of carbonyl (C=O) groups is 1. The second-order valence-corrected chi connectivity index (χ2v) is 4.69. The minimum Gasteiger partial charge on any atom is -0.295 e. The van der Waals surface area contributed by atoms with E-state index in [9.17, 15) is 4.79 Å². The van der Waals surface area contributed by atoms with Gasteiger partial charge in [-0.2, -0.15) is 0 Å². The monoisotopic (exact) mass is 178 g/mol. The summed E-state index contributed by atoms with van der Waals surface area (Å²) in [5, 5.41) is 0. The maximum atomic E-state index is 11.2. The molecule has 0 amide bonds. The van der Waals surface area contributed by atoms with Crippen molar-refractivity contribution >= 4 is 5.78 Å². The minimum absolute atomic E-state index is 0.279. The van der Waals surface area contributed by atoms with Crippen LogP contribution in [0.3, 0.4) is 0 Å². The summed E-state index contributed by atoms with van der Waals surface area (Å²) in [5.41, 5.74) is 1.08. The maximum absolute atomic E-state index is 11.2. The first kappa shape index (κ1) is 8.98. The van der Waals surface area contributed by atoms with Gasteiger partial charge in [0.15, 0.2) is 5.78 Å². The highest BCUT2D eigenvalue weighted by Crippen LogP contribution is 2.44. The Morgan fingerprint density at radius 1 is 1.38 bits per heavy atom. The Kier molecular flexibility index (Phi) is 2.27. The number of carbonyl (C=O) groups excluding carboxylic acids is 1. The van der Waals surface area contributed by atoms with Gasteiger partial charge in [-0.05, 0) is 55.9 Å². The summed E-state index contributed by atoms with van der Waals surface area (Å²) < 4.78 is 0. The first-order valence-corrected chi connectivity index (χ1v) is 5.39. The van der Waals surface area contributed by atoms with Crippen molar-refractivity contribution in [3.63, 3.8) is 0 Å². The fourth-order valence-electron chi connectivity index (χ4n) is 2.60. The standard InChI is InChI=1S/C12H18O/c1-8-7-11(10-3-4-10)5-6-12(8)9(2)13/h6,8,10-11H,3-5,7H2,1-2H3/t8-,11-/m0/s1. The number of rotatable bonds is 2. The van der Waals surface area contributed by atoms with E-state index >= 15 is 0 Å². The van der Waals surface area contributed by atoms with E-state index in [1.165, 1.54) is 19.3 Å². The molecule has 0 spiro atoms. The molecule has 0 aromatic carbocycles. The van der Waals surface area contributed by atoms with Crippen LogP contribution >= 0.6 is 0 Å². The van der Waals surface area contributed by atoms with Gasteiger partial charge in [0.05, 0.1) is 0 Å². The van der Waals surface area contributed by atoms with Gasteiger partial charge < -0.3 is 0 Å². The number of allylic oxidation sites excluding steroid dienone is 2. The van der Waals surface area contributed by atoms with Gasteiger partial charge in [-0.15, -0.1) is 0 Å². The average molecular weight is 178 g/mol. The van der Waals surface area contributed by atoms with E-state index in [-0.39, 0.29) is 5.78 Å². The maximum Gasteiger partial charge on any atom is 0.155 e. The van der Waals surface area contributed by atoms with Crippen molar-refractivity contribution < 1.29 is 4.79 Å². The molecule has 1 nitrogen and oxygen atoms in total. The second kappa shape index (κ2) is 3.28. The van der Waals surface area contributed by atoms with Crippen molar-refractivity contribution in [2.24, 2.45) is 17.8 Å². The van der Waals surface area contributed by atoms with E-state index in [0.29, 0.717) is 5.92 Å². The minimum atomic E-state index is 0.279. The smallest absolute Gasteiger partial charge is 0.155 e. The lowest BCUT2D eigenvalue weighted by Crippen LogP contribution is -2.18. The topological polar surface area (TPSA) is 17.1 Å². The van der Waals surface area contributed by atoms with Gasteiger partial charge in [-0.3, -0.25) is 4.79 Å². The highest BCUT2D eigenvalue weighted by atomic mass is 16.1. The normalized spacial score (nSPS) is 34.2. The lowest BCUT2D eigenvalue weighted by Gasteiger charge is -2.26. The summed E-state index contributed by atoms with van der Waals surface area (Å²) in [6, 6.07) is 0. The Bertz CT molecular complexity index is 248. The Labute approximate surface area is 80.2 Å².